The molecule has 0 spiro atoms. The van der Waals surface area contributed by atoms with Gasteiger partial charge in [0.05, 0.1) is 23.3 Å². The summed E-state index contributed by atoms with van der Waals surface area (Å²) in [4.78, 5) is 25.5. The third-order valence-corrected chi connectivity index (χ3v) is 14.3. The van der Waals surface area contributed by atoms with Crippen molar-refractivity contribution in [2.45, 2.75) is 51.6 Å². The molecule has 0 fully saturated rings. The average Bonchev–Trinajstić information content (AvgIpc) is 3.98. The van der Waals surface area contributed by atoms with Crippen molar-refractivity contribution in [1.29, 1.82) is 0 Å². The van der Waals surface area contributed by atoms with E-state index in [1.807, 2.05) is 58.4 Å². The van der Waals surface area contributed by atoms with Gasteiger partial charge in [-0.25, -0.2) is 18.3 Å². The molecule has 0 saturated carbocycles. The summed E-state index contributed by atoms with van der Waals surface area (Å²) in [5.41, 5.74) is 3.96. The maximum absolute atomic E-state index is 12.8. The standard InChI is InChI=1S/2C26H19Cl6N2O2.H2O4S/c2*27-17-2-1-16(22(30)9-17)14-36-26(21-6-4-19(29)11-24(21)32)13-34-8-7-33(15-34)12-25(35)20-5-3-18(28)10-23(20)31;1-5(2,3)4/h2*1-11,15,26H,12-14H2;(H2,1,2,3,4)/q2*+1;/p-2. The normalized spacial score (nSPS) is 12.0. The van der Waals surface area contributed by atoms with E-state index >= 15 is 0 Å². The van der Waals surface area contributed by atoms with Crippen LogP contribution in [0.3, 0.4) is 0 Å². The Bertz CT molecular complexity index is 3290. The number of rotatable bonds is 18. The van der Waals surface area contributed by atoms with Gasteiger partial charge in [-0.1, -0.05) is 163 Å². The van der Waals surface area contributed by atoms with Gasteiger partial charge < -0.3 is 18.6 Å². The number of ketones is 2. The van der Waals surface area contributed by atoms with Crippen LogP contribution in [0.1, 0.15) is 55.2 Å². The van der Waals surface area contributed by atoms with E-state index in [1.165, 1.54) is 0 Å². The molecule has 0 radical (unpaired) electrons. The Morgan fingerprint density at radius 2 is 0.753 bits per heavy atom. The summed E-state index contributed by atoms with van der Waals surface area (Å²) in [6, 6.07) is 30.7. The molecule has 2 heterocycles. The summed E-state index contributed by atoms with van der Waals surface area (Å²) in [6.45, 7) is 1.57. The number of benzene rings is 6. The zero-order valence-corrected chi connectivity index (χ0v) is 49.1. The molecule has 0 aliphatic carbocycles. The Balaban J connectivity index is 0.000000229. The van der Waals surface area contributed by atoms with Gasteiger partial charge in [0.2, 0.25) is 24.2 Å². The molecular weight excluding hydrogens is 1270 g/mol. The summed E-state index contributed by atoms with van der Waals surface area (Å²) < 4.78 is 54.0. The predicted molar refractivity (Wildman–Crippen MR) is 302 cm³/mol. The van der Waals surface area contributed by atoms with Crippen molar-refractivity contribution < 1.29 is 45.7 Å². The highest BCUT2D eigenvalue weighted by molar-refractivity contribution is 7.79. The summed E-state index contributed by atoms with van der Waals surface area (Å²) in [6.07, 6.45) is 10.1. The summed E-state index contributed by atoms with van der Waals surface area (Å²) in [7, 11) is -5.17. The average molecular weight is 1300 g/mol. The van der Waals surface area contributed by atoms with Crippen molar-refractivity contribution in [2.24, 2.45) is 0 Å². The van der Waals surface area contributed by atoms with Crippen LogP contribution >= 0.6 is 139 Å². The van der Waals surface area contributed by atoms with Crippen molar-refractivity contribution >= 4 is 161 Å². The maximum Gasteiger partial charge on any atom is 0.244 e. The second kappa shape index (κ2) is 29.2. The van der Waals surface area contributed by atoms with Crippen molar-refractivity contribution in [3.05, 3.63) is 240 Å². The van der Waals surface area contributed by atoms with E-state index in [9.17, 15) is 9.59 Å². The lowest BCUT2D eigenvalue weighted by Crippen LogP contribution is -2.36. The van der Waals surface area contributed by atoms with Crippen molar-refractivity contribution in [3.8, 4) is 0 Å². The first-order valence-corrected chi connectivity index (χ1v) is 28.0. The third kappa shape index (κ3) is 19.8. The van der Waals surface area contributed by atoms with E-state index < -0.39 is 22.6 Å². The molecule has 12 nitrogen and oxygen atoms in total. The fourth-order valence-electron chi connectivity index (χ4n) is 7.26. The minimum atomic E-state index is -5.17. The summed E-state index contributed by atoms with van der Waals surface area (Å²) >= 11 is 74.1. The molecule has 8 rings (SSSR count). The number of hydrogen-bond donors (Lipinski definition) is 0. The molecule has 2 aromatic heterocycles. The van der Waals surface area contributed by atoms with E-state index in [0.29, 0.717) is 84.5 Å². The van der Waals surface area contributed by atoms with Gasteiger partial charge in [0.1, 0.15) is 50.1 Å². The van der Waals surface area contributed by atoms with E-state index in [0.717, 1.165) is 22.3 Å². The molecule has 0 aliphatic rings. The van der Waals surface area contributed by atoms with Crippen LogP contribution in [0.2, 0.25) is 60.3 Å². The Kier molecular flexibility index (Phi) is 23.7. The second-order valence-electron chi connectivity index (χ2n) is 16.5. The van der Waals surface area contributed by atoms with Gasteiger partial charge in [-0.05, 0) is 96.1 Å². The minimum Gasteiger partial charge on any atom is -0.759 e. The number of halogens is 12. The topological polar surface area (TPSA) is 150 Å². The monoisotopic (exact) mass is 1300 g/mol. The Labute approximate surface area is 503 Å². The quantitative estimate of drug-likeness (QED) is 0.0357. The van der Waals surface area contributed by atoms with Gasteiger partial charge in [0.15, 0.2) is 13.1 Å². The van der Waals surface area contributed by atoms with Crippen molar-refractivity contribution in [2.75, 3.05) is 0 Å². The van der Waals surface area contributed by atoms with Crippen LogP contribution in [0.4, 0.5) is 0 Å². The van der Waals surface area contributed by atoms with E-state index in [4.69, 9.17) is 166 Å². The minimum absolute atomic E-state index is 0.113. The Hall–Kier alpha value is -3.65. The van der Waals surface area contributed by atoms with Gasteiger partial charge in [-0.15, -0.1) is 0 Å². The van der Waals surface area contributed by atoms with E-state index in [2.05, 4.69) is 0 Å². The van der Waals surface area contributed by atoms with Crippen molar-refractivity contribution in [3.63, 3.8) is 0 Å². The number of carbonyl (C=O) groups is 2. The number of carbonyl (C=O) groups excluding carboxylic acids is 2. The first-order valence-electron chi connectivity index (χ1n) is 22.1. The molecule has 2 atom stereocenters. The lowest BCUT2D eigenvalue weighted by Gasteiger charge is -2.19. The molecule has 404 valence electrons. The number of aromatic nitrogens is 4. The van der Waals surface area contributed by atoms with Gasteiger partial charge in [-0.3, -0.25) is 18.0 Å². The van der Waals surface area contributed by atoms with Gasteiger partial charge >= 0.3 is 0 Å². The number of nitrogens with zero attached hydrogens (tertiary/aromatic N) is 4. The smallest absolute Gasteiger partial charge is 0.244 e. The lowest BCUT2D eigenvalue weighted by atomic mass is 10.1. The number of ether oxygens (including phenoxy) is 2. The summed E-state index contributed by atoms with van der Waals surface area (Å²) in [5.74, 6) is -0.268. The predicted octanol–water partition coefficient (Wildman–Crippen LogP) is 15.7. The zero-order chi connectivity index (χ0) is 56.1. The van der Waals surface area contributed by atoms with Crippen LogP contribution in [0, 0.1) is 0 Å². The van der Waals surface area contributed by atoms with Crippen LogP contribution < -0.4 is 9.13 Å². The number of imidazole rings is 2. The zero-order valence-electron chi connectivity index (χ0n) is 39.3. The lowest BCUT2D eigenvalue weighted by molar-refractivity contribution is -0.682. The number of Topliss-reactive ketones (excluding diaryl/α,β-unsaturated/α-hetero) is 2. The molecule has 8 aromatic rings. The van der Waals surface area contributed by atoms with Crippen LogP contribution in [0.15, 0.2) is 147 Å². The molecule has 0 bridgehead atoms. The molecular formula is C52H38Cl12N4O8S. The SMILES string of the molecule is O=C(C[n+]1ccn(CC(OCc2ccc(Cl)cc2Cl)c2ccc(Cl)cc2Cl)c1)c1ccc(Cl)cc1Cl.O=C(C[n+]1ccn(CC(OCc2ccc(Cl)cc2Cl)c2ccc(Cl)cc2Cl)c1)c1ccc(Cl)cc1Cl.O=S(=O)([O-])[O-]. The van der Waals surface area contributed by atoms with Crippen LogP contribution in [-0.4, -0.2) is 38.2 Å². The molecule has 25 heteroatoms. The first-order chi connectivity index (χ1) is 36.4. The van der Waals surface area contributed by atoms with E-state index in [-0.39, 0.29) is 37.9 Å². The highest BCUT2D eigenvalue weighted by Gasteiger charge is 2.24. The van der Waals surface area contributed by atoms with Gasteiger partial charge in [-0.2, -0.15) is 0 Å². The maximum atomic E-state index is 12.8. The molecule has 6 aromatic carbocycles. The molecule has 0 amide bonds. The highest BCUT2D eigenvalue weighted by atomic mass is 35.5. The third-order valence-electron chi connectivity index (χ3n) is 10.9. The molecule has 0 saturated heterocycles. The van der Waals surface area contributed by atoms with Crippen LogP contribution in [-0.2, 0) is 59.3 Å². The molecule has 2 unspecified atom stereocenters. The summed E-state index contributed by atoms with van der Waals surface area (Å²) in [5, 5.41) is 5.75. The second-order valence-corrected chi connectivity index (χ2v) is 22.3. The molecule has 0 N–H and O–H groups in total. The fraction of sp³-hybridized carbons (Fsp3) is 0.154. The molecule has 77 heavy (non-hydrogen) atoms. The van der Waals surface area contributed by atoms with Crippen LogP contribution in [0.5, 0.6) is 0 Å². The van der Waals surface area contributed by atoms with Gasteiger partial charge in [0.25, 0.3) is 0 Å². The number of hydrogen-bond acceptors (Lipinski definition) is 8. The first kappa shape index (κ1) is 62.5. The molecule has 0 aliphatic heterocycles. The van der Waals surface area contributed by atoms with Crippen molar-refractivity contribution in [1.82, 2.24) is 9.13 Å². The Morgan fingerprint density at radius 1 is 0.455 bits per heavy atom. The Morgan fingerprint density at radius 3 is 1.06 bits per heavy atom. The van der Waals surface area contributed by atoms with Crippen LogP contribution in [0.25, 0.3) is 0 Å². The largest absolute Gasteiger partial charge is 0.759 e. The van der Waals surface area contributed by atoms with Gasteiger partial charge in [0, 0.05) is 82.9 Å². The fourth-order valence-corrected chi connectivity index (χ4v) is 10.3. The van der Waals surface area contributed by atoms with E-state index in [1.54, 1.807) is 106 Å². The highest BCUT2D eigenvalue weighted by Crippen LogP contribution is 2.34.